The summed E-state index contributed by atoms with van der Waals surface area (Å²) < 4.78 is 0. The molecule has 0 unspecified atom stereocenters. The Hall–Kier alpha value is -1.39. The molecule has 0 saturated heterocycles. The van der Waals surface area contributed by atoms with Crippen molar-refractivity contribution < 1.29 is 4.79 Å². The summed E-state index contributed by atoms with van der Waals surface area (Å²) in [6.07, 6.45) is 0. The third-order valence-corrected chi connectivity index (χ3v) is 3.57. The van der Waals surface area contributed by atoms with Crippen molar-refractivity contribution in [3.05, 3.63) is 51.5 Å². The number of nitrogens with zero attached hydrogens (tertiary/aromatic N) is 1. The third-order valence-electron chi connectivity index (χ3n) is 2.44. The number of carbonyl (C=O) groups excluding carboxylic acids is 1. The van der Waals surface area contributed by atoms with E-state index in [9.17, 15) is 4.79 Å². The maximum Gasteiger partial charge on any atom is 0.251 e. The van der Waals surface area contributed by atoms with E-state index in [1.165, 1.54) is 0 Å². The van der Waals surface area contributed by atoms with Crippen LogP contribution in [0.25, 0.3) is 0 Å². The average Bonchev–Trinajstić information content (AvgIpc) is 2.82. The van der Waals surface area contributed by atoms with Gasteiger partial charge in [0.1, 0.15) is 0 Å². The average molecular weight is 281 g/mol. The zero-order chi connectivity index (χ0) is 13.0. The molecular weight excluding hydrogens is 268 g/mol. The van der Waals surface area contributed by atoms with E-state index in [0.717, 1.165) is 16.3 Å². The van der Waals surface area contributed by atoms with Crippen LogP contribution in [0.3, 0.4) is 0 Å². The van der Waals surface area contributed by atoms with Crippen molar-refractivity contribution in [2.45, 2.75) is 19.3 Å². The fraction of sp³-hybridized carbons (Fsp3) is 0.231. The van der Waals surface area contributed by atoms with Crippen LogP contribution >= 0.6 is 22.9 Å². The summed E-state index contributed by atoms with van der Waals surface area (Å²) in [5, 5.41) is 5.79. The normalized spacial score (nSPS) is 10.3. The molecule has 0 aliphatic heterocycles. The van der Waals surface area contributed by atoms with Crippen molar-refractivity contribution in [1.82, 2.24) is 10.3 Å². The standard InChI is InChI=1S/C13H13ClN2OS/c1-9-16-12(8-18-9)7-15-13(17)11-4-2-3-10(5-11)6-14/h2-5,8H,6-7H2,1H3,(H,15,17). The molecule has 94 valence electrons. The summed E-state index contributed by atoms with van der Waals surface area (Å²) in [5.74, 6) is 0.305. The van der Waals surface area contributed by atoms with Crippen molar-refractivity contribution in [2.75, 3.05) is 0 Å². The first-order chi connectivity index (χ1) is 8.69. The van der Waals surface area contributed by atoms with Gasteiger partial charge in [0, 0.05) is 16.8 Å². The van der Waals surface area contributed by atoms with Gasteiger partial charge >= 0.3 is 0 Å². The molecular formula is C13H13ClN2OS. The predicted octanol–water partition coefficient (Wildman–Crippen LogP) is 3.12. The lowest BCUT2D eigenvalue weighted by Crippen LogP contribution is -2.23. The van der Waals surface area contributed by atoms with E-state index in [1.807, 2.05) is 24.4 Å². The van der Waals surface area contributed by atoms with Crippen LogP contribution in [0.4, 0.5) is 0 Å². The van der Waals surface area contributed by atoms with Crippen molar-refractivity contribution in [3.8, 4) is 0 Å². The molecule has 3 nitrogen and oxygen atoms in total. The van der Waals surface area contributed by atoms with Crippen LogP contribution in [0.15, 0.2) is 29.6 Å². The molecule has 0 aliphatic carbocycles. The number of alkyl halides is 1. The van der Waals surface area contributed by atoms with Crippen molar-refractivity contribution in [1.29, 1.82) is 0 Å². The summed E-state index contributed by atoms with van der Waals surface area (Å²) >= 11 is 7.32. The number of thiazole rings is 1. The third kappa shape index (κ3) is 3.31. The van der Waals surface area contributed by atoms with Gasteiger partial charge in [0.25, 0.3) is 5.91 Å². The number of hydrogen-bond acceptors (Lipinski definition) is 3. The van der Waals surface area contributed by atoms with Crippen molar-refractivity contribution in [2.24, 2.45) is 0 Å². The Balaban J connectivity index is 1.99. The van der Waals surface area contributed by atoms with Crippen LogP contribution < -0.4 is 5.32 Å². The van der Waals surface area contributed by atoms with E-state index in [-0.39, 0.29) is 5.91 Å². The molecule has 0 bridgehead atoms. The molecule has 0 saturated carbocycles. The molecule has 1 N–H and O–H groups in total. The van der Waals surface area contributed by atoms with Gasteiger partial charge < -0.3 is 5.32 Å². The Morgan fingerprint density at radius 3 is 3.00 bits per heavy atom. The smallest absolute Gasteiger partial charge is 0.251 e. The molecule has 2 rings (SSSR count). The number of amides is 1. The maximum atomic E-state index is 11.9. The van der Waals surface area contributed by atoms with Gasteiger partial charge in [-0.05, 0) is 24.6 Å². The second-order valence-electron chi connectivity index (χ2n) is 3.87. The van der Waals surface area contributed by atoms with Gasteiger partial charge in [-0.15, -0.1) is 22.9 Å². The molecule has 1 aromatic heterocycles. The highest BCUT2D eigenvalue weighted by atomic mass is 35.5. The molecule has 5 heteroatoms. The minimum atomic E-state index is -0.104. The maximum absolute atomic E-state index is 11.9. The highest BCUT2D eigenvalue weighted by Gasteiger charge is 2.06. The van der Waals surface area contributed by atoms with Crippen LogP contribution in [0, 0.1) is 6.92 Å². The Morgan fingerprint density at radius 1 is 1.50 bits per heavy atom. The van der Waals surface area contributed by atoms with Gasteiger partial charge in [-0.1, -0.05) is 12.1 Å². The van der Waals surface area contributed by atoms with Crippen molar-refractivity contribution >= 4 is 28.8 Å². The fourth-order valence-corrected chi connectivity index (χ4v) is 2.34. The molecule has 0 radical (unpaired) electrons. The summed E-state index contributed by atoms with van der Waals surface area (Å²) in [5.41, 5.74) is 2.45. The second kappa shape index (κ2) is 5.98. The number of halogens is 1. The van der Waals surface area contributed by atoms with Gasteiger partial charge in [-0.2, -0.15) is 0 Å². The number of benzene rings is 1. The van der Waals surface area contributed by atoms with E-state index >= 15 is 0 Å². The summed E-state index contributed by atoms with van der Waals surface area (Å²) in [7, 11) is 0. The van der Waals surface area contributed by atoms with Crippen LogP contribution in [0.5, 0.6) is 0 Å². The fourth-order valence-electron chi connectivity index (χ4n) is 1.56. The summed E-state index contributed by atoms with van der Waals surface area (Å²) in [6, 6.07) is 7.31. The molecule has 1 aromatic carbocycles. The number of nitrogens with one attached hydrogen (secondary N) is 1. The van der Waals surface area contributed by atoms with Gasteiger partial charge in [0.05, 0.1) is 17.2 Å². The van der Waals surface area contributed by atoms with Crippen LogP contribution in [0.1, 0.15) is 26.6 Å². The van der Waals surface area contributed by atoms with Gasteiger partial charge in [-0.25, -0.2) is 4.98 Å². The Bertz CT molecular complexity index is 553. The van der Waals surface area contributed by atoms with Crippen molar-refractivity contribution in [3.63, 3.8) is 0 Å². The molecule has 2 aromatic rings. The number of carbonyl (C=O) groups is 1. The molecule has 0 atom stereocenters. The lowest BCUT2D eigenvalue weighted by atomic mass is 10.1. The van der Waals surface area contributed by atoms with E-state index in [0.29, 0.717) is 18.0 Å². The lowest BCUT2D eigenvalue weighted by molar-refractivity contribution is 0.0950. The van der Waals surface area contributed by atoms with Gasteiger partial charge in [0.2, 0.25) is 0 Å². The summed E-state index contributed by atoms with van der Waals surface area (Å²) in [6.45, 7) is 2.40. The second-order valence-corrected chi connectivity index (χ2v) is 5.20. The molecule has 18 heavy (non-hydrogen) atoms. The van der Waals surface area contributed by atoms with Crippen LogP contribution in [-0.4, -0.2) is 10.9 Å². The number of aromatic nitrogens is 1. The number of hydrogen-bond donors (Lipinski definition) is 1. The zero-order valence-corrected chi connectivity index (χ0v) is 11.5. The van der Waals surface area contributed by atoms with Crippen LogP contribution in [0.2, 0.25) is 0 Å². The lowest BCUT2D eigenvalue weighted by Gasteiger charge is -2.04. The molecule has 0 spiro atoms. The quantitative estimate of drug-likeness (QED) is 0.875. The minimum Gasteiger partial charge on any atom is -0.346 e. The number of rotatable bonds is 4. The number of aryl methyl sites for hydroxylation is 1. The largest absolute Gasteiger partial charge is 0.346 e. The monoisotopic (exact) mass is 280 g/mol. The van der Waals surface area contributed by atoms with Crippen LogP contribution in [-0.2, 0) is 12.4 Å². The predicted molar refractivity (Wildman–Crippen MR) is 74.0 cm³/mol. The van der Waals surface area contributed by atoms with E-state index < -0.39 is 0 Å². The molecule has 1 amide bonds. The first kappa shape index (κ1) is 13.1. The van der Waals surface area contributed by atoms with E-state index in [1.54, 1.807) is 23.5 Å². The van der Waals surface area contributed by atoms with E-state index in [4.69, 9.17) is 11.6 Å². The highest BCUT2D eigenvalue weighted by Crippen LogP contribution is 2.09. The summed E-state index contributed by atoms with van der Waals surface area (Å²) in [4.78, 5) is 16.2. The first-order valence-corrected chi connectivity index (χ1v) is 6.94. The minimum absolute atomic E-state index is 0.104. The highest BCUT2D eigenvalue weighted by molar-refractivity contribution is 7.09. The van der Waals surface area contributed by atoms with Gasteiger partial charge in [0.15, 0.2) is 0 Å². The Kier molecular flexibility index (Phi) is 4.33. The first-order valence-electron chi connectivity index (χ1n) is 5.53. The SMILES string of the molecule is Cc1nc(CNC(=O)c2cccc(CCl)c2)cs1. The molecule has 1 heterocycles. The van der Waals surface area contributed by atoms with Gasteiger partial charge in [-0.3, -0.25) is 4.79 Å². The molecule has 0 fully saturated rings. The zero-order valence-electron chi connectivity index (χ0n) is 9.94. The topological polar surface area (TPSA) is 42.0 Å². The van der Waals surface area contributed by atoms with E-state index in [2.05, 4.69) is 10.3 Å². The Morgan fingerprint density at radius 2 is 2.33 bits per heavy atom. The molecule has 0 aliphatic rings. The Labute approximate surface area is 115 Å².